The number of piperazine rings is 1. The van der Waals surface area contributed by atoms with E-state index in [0.29, 0.717) is 25.1 Å². The minimum atomic E-state index is -0.589. The fourth-order valence-electron chi connectivity index (χ4n) is 5.02. The number of hydrogen-bond donors (Lipinski definition) is 3. The second-order valence-electron chi connectivity index (χ2n) is 8.81. The van der Waals surface area contributed by atoms with Crippen LogP contribution in [0.5, 0.6) is 0 Å². The van der Waals surface area contributed by atoms with E-state index in [1.807, 2.05) is 18.2 Å². The molecular formula is C25H29N5O3. The van der Waals surface area contributed by atoms with Crippen molar-refractivity contribution in [1.29, 1.82) is 0 Å². The Morgan fingerprint density at radius 2 is 1.70 bits per heavy atom. The lowest BCUT2D eigenvalue weighted by atomic mass is 10.0. The van der Waals surface area contributed by atoms with Gasteiger partial charge in [0.25, 0.3) is 5.91 Å². The summed E-state index contributed by atoms with van der Waals surface area (Å²) in [5.41, 5.74) is 5.21. The molecule has 2 saturated heterocycles. The molecule has 5 rings (SSSR count). The number of amides is 3. The van der Waals surface area contributed by atoms with Crippen LogP contribution in [0.1, 0.15) is 39.9 Å². The van der Waals surface area contributed by atoms with E-state index >= 15 is 0 Å². The fourth-order valence-corrected chi connectivity index (χ4v) is 5.02. The lowest BCUT2D eigenvalue weighted by Gasteiger charge is -2.31. The number of para-hydroxylation sites is 1. The second kappa shape index (κ2) is 9.33. The van der Waals surface area contributed by atoms with Gasteiger partial charge in [0.2, 0.25) is 11.8 Å². The number of carbonyl (C=O) groups is 3. The highest BCUT2D eigenvalue weighted by Crippen LogP contribution is 2.30. The molecule has 33 heavy (non-hydrogen) atoms. The van der Waals surface area contributed by atoms with E-state index in [4.69, 9.17) is 0 Å². The number of hydrogen-bond acceptors (Lipinski definition) is 6. The summed E-state index contributed by atoms with van der Waals surface area (Å²) in [6, 6.07) is 13.7. The van der Waals surface area contributed by atoms with Gasteiger partial charge < -0.3 is 20.4 Å². The molecule has 8 nitrogen and oxygen atoms in total. The summed E-state index contributed by atoms with van der Waals surface area (Å²) in [6.45, 7) is 5.76. The Hall–Kier alpha value is -3.23. The van der Waals surface area contributed by atoms with E-state index in [-0.39, 0.29) is 24.1 Å². The van der Waals surface area contributed by atoms with Gasteiger partial charge in [-0.2, -0.15) is 0 Å². The van der Waals surface area contributed by atoms with E-state index in [1.165, 1.54) is 11.3 Å². The predicted octanol–water partition coefficient (Wildman–Crippen LogP) is 1.15. The van der Waals surface area contributed by atoms with E-state index in [9.17, 15) is 14.4 Å². The zero-order valence-electron chi connectivity index (χ0n) is 18.6. The summed E-state index contributed by atoms with van der Waals surface area (Å²) in [4.78, 5) is 40.9. The maximum atomic E-state index is 13.0. The summed E-state index contributed by atoms with van der Waals surface area (Å²) < 4.78 is 0. The molecule has 0 bridgehead atoms. The number of fused-ring (bicyclic) bond motifs is 1. The third-order valence-corrected chi connectivity index (χ3v) is 6.76. The maximum absolute atomic E-state index is 13.0. The third-order valence-electron chi connectivity index (χ3n) is 6.76. The Morgan fingerprint density at radius 1 is 0.939 bits per heavy atom. The van der Waals surface area contributed by atoms with Crippen LogP contribution < -0.4 is 20.9 Å². The lowest BCUT2D eigenvalue weighted by molar-refractivity contribution is -0.136. The molecule has 0 radical (unpaired) electrons. The van der Waals surface area contributed by atoms with Crippen molar-refractivity contribution in [3.63, 3.8) is 0 Å². The highest BCUT2D eigenvalue weighted by molar-refractivity contribution is 6.05. The van der Waals surface area contributed by atoms with Crippen LogP contribution in [0.25, 0.3) is 0 Å². The minimum absolute atomic E-state index is 0.134. The maximum Gasteiger partial charge on any atom is 0.255 e. The summed E-state index contributed by atoms with van der Waals surface area (Å²) in [7, 11) is 0. The first-order valence-electron chi connectivity index (χ1n) is 11.6. The summed E-state index contributed by atoms with van der Waals surface area (Å²) in [5, 5.41) is 9.31. The van der Waals surface area contributed by atoms with Gasteiger partial charge in [0, 0.05) is 63.5 Å². The highest BCUT2D eigenvalue weighted by atomic mass is 16.2. The largest absolute Gasteiger partial charge is 0.369 e. The van der Waals surface area contributed by atoms with Crippen LogP contribution in [0.15, 0.2) is 42.5 Å². The molecule has 0 aliphatic carbocycles. The lowest BCUT2D eigenvalue weighted by Crippen LogP contribution is -2.52. The van der Waals surface area contributed by atoms with Crippen molar-refractivity contribution in [2.24, 2.45) is 0 Å². The number of benzene rings is 2. The van der Waals surface area contributed by atoms with E-state index in [2.05, 4.69) is 45.1 Å². The van der Waals surface area contributed by atoms with E-state index in [0.717, 1.165) is 43.9 Å². The van der Waals surface area contributed by atoms with Gasteiger partial charge in [-0.1, -0.05) is 30.3 Å². The Morgan fingerprint density at radius 3 is 2.52 bits per heavy atom. The quantitative estimate of drug-likeness (QED) is 0.576. The Balaban J connectivity index is 1.27. The number of piperidine rings is 1. The van der Waals surface area contributed by atoms with E-state index in [1.54, 1.807) is 4.90 Å². The average molecular weight is 448 g/mol. The average Bonchev–Trinajstić information content (AvgIpc) is 3.17. The standard InChI is InChI=1S/C25H29N5O3/c31-23-9-8-22(24(32)28-23)30-16-20-17(5-3-6-19(20)25(30)33)14-27-15-18-4-1-2-7-21(18)29-12-10-26-11-13-29/h1-7,22,26-27H,8-16H2,(H,28,31,32). The second-order valence-corrected chi connectivity index (χ2v) is 8.81. The molecule has 0 saturated carbocycles. The molecule has 8 heteroatoms. The van der Waals surface area contributed by atoms with Crippen molar-refractivity contribution in [2.75, 3.05) is 31.1 Å². The first-order valence-corrected chi connectivity index (χ1v) is 11.6. The molecule has 0 spiro atoms. The van der Waals surface area contributed by atoms with E-state index < -0.39 is 6.04 Å². The first-order chi connectivity index (χ1) is 16.1. The molecule has 0 aromatic heterocycles. The van der Waals surface area contributed by atoms with Crippen molar-refractivity contribution >= 4 is 23.4 Å². The smallest absolute Gasteiger partial charge is 0.255 e. The molecule has 2 aromatic rings. The highest BCUT2D eigenvalue weighted by Gasteiger charge is 2.39. The van der Waals surface area contributed by atoms with Crippen LogP contribution in [-0.4, -0.2) is 54.8 Å². The van der Waals surface area contributed by atoms with Gasteiger partial charge in [0.05, 0.1) is 0 Å². The molecule has 3 amide bonds. The summed E-state index contributed by atoms with van der Waals surface area (Å²) >= 11 is 0. The summed E-state index contributed by atoms with van der Waals surface area (Å²) in [6.07, 6.45) is 0.637. The van der Waals surface area contributed by atoms with Gasteiger partial charge in [-0.05, 0) is 35.2 Å². The zero-order chi connectivity index (χ0) is 22.8. The molecule has 3 aliphatic rings. The fraction of sp³-hybridized carbons (Fsp3) is 0.400. The van der Waals surface area contributed by atoms with Gasteiger partial charge in [-0.3, -0.25) is 19.7 Å². The molecule has 1 atom stereocenters. The van der Waals surface area contributed by atoms with Crippen LogP contribution in [0, 0.1) is 0 Å². The number of imide groups is 1. The molecule has 3 N–H and O–H groups in total. The zero-order valence-corrected chi connectivity index (χ0v) is 18.6. The Labute approximate surface area is 193 Å². The number of carbonyl (C=O) groups excluding carboxylic acids is 3. The SMILES string of the molecule is O=C1CCC(N2Cc3c(CNCc4ccccc4N4CCNCC4)cccc3C2=O)C(=O)N1. The topological polar surface area (TPSA) is 93.8 Å². The van der Waals surface area contributed by atoms with Crippen molar-refractivity contribution < 1.29 is 14.4 Å². The van der Waals surface area contributed by atoms with Crippen molar-refractivity contribution in [3.8, 4) is 0 Å². The Bertz CT molecular complexity index is 1080. The number of nitrogens with zero attached hydrogens (tertiary/aromatic N) is 2. The van der Waals surface area contributed by atoms with Crippen molar-refractivity contribution in [1.82, 2.24) is 20.9 Å². The number of anilines is 1. The van der Waals surface area contributed by atoms with Crippen LogP contribution in [0.4, 0.5) is 5.69 Å². The van der Waals surface area contributed by atoms with Crippen molar-refractivity contribution in [2.45, 2.75) is 38.5 Å². The van der Waals surface area contributed by atoms with Crippen LogP contribution in [-0.2, 0) is 29.2 Å². The van der Waals surface area contributed by atoms with Crippen LogP contribution in [0.3, 0.4) is 0 Å². The molecule has 3 aliphatic heterocycles. The molecule has 2 fully saturated rings. The van der Waals surface area contributed by atoms with Crippen LogP contribution >= 0.6 is 0 Å². The molecule has 172 valence electrons. The van der Waals surface area contributed by atoms with Gasteiger partial charge in [0.1, 0.15) is 6.04 Å². The minimum Gasteiger partial charge on any atom is -0.369 e. The van der Waals surface area contributed by atoms with Gasteiger partial charge in [0.15, 0.2) is 0 Å². The van der Waals surface area contributed by atoms with Crippen molar-refractivity contribution in [3.05, 3.63) is 64.7 Å². The molecular weight excluding hydrogens is 418 g/mol. The Kier molecular flexibility index (Phi) is 6.11. The molecule has 3 heterocycles. The first kappa shape index (κ1) is 21.6. The monoisotopic (exact) mass is 447 g/mol. The van der Waals surface area contributed by atoms with Gasteiger partial charge >= 0.3 is 0 Å². The number of nitrogens with one attached hydrogen (secondary N) is 3. The predicted molar refractivity (Wildman–Crippen MR) is 125 cm³/mol. The molecule has 1 unspecified atom stereocenters. The van der Waals surface area contributed by atoms with Gasteiger partial charge in [-0.15, -0.1) is 0 Å². The van der Waals surface area contributed by atoms with Gasteiger partial charge in [-0.25, -0.2) is 0 Å². The molecule has 2 aromatic carbocycles. The summed E-state index contributed by atoms with van der Waals surface area (Å²) in [5.74, 6) is -0.784. The number of rotatable bonds is 6. The normalized spacial score (nSPS) is 20.7. The third kappa shape index (κ3) is 4.36. The van der Waals surface area contributed by atoms with Crippen LogP contribution in [0.2, 0.25) is 0 Å².